The van der Waals surface area contributed by atoms with Gasteiger partial charge in [0.2, 0.25) is 0 Å². The van der Waals surface area contributed by atoms with Crippen LogP contribution in [0.1, 0.15) is 30.5 Å². The van der Waals surface area contributed by atoms with Crippen LogP contribution in [0.25, 0.3) is 0 Å². The zero-order valence-electron chi connectivity index (χ0n) is 13.1. The number of morpholine rings is 1. The van der Waals surface area contributed by atoms with Crippen LogP contribution in [0.5, 0.6) is 5.75 Å². The Kier molecular flexibility index (Phi) is 4.78. The number of hydrogen-bond donors (Lipinski definition) is 1. The average Bonchev–Trinajstić information content (AvgIpc) is 2.91. The van der Waals surface area contributed by atoms with Crippen LogP contribution in [0.3, 0.4) is 0 Å². The van der Waals surface area contributed by atoms with Crippen LogP contribution >= 0.6 is 0 Å². The highest BCUT2D eigenvalue weighted by Gasteiger charge is 2.36. The molecule has 3 rings (SSSR count). The third-order valence-electron chi connectivity index (χ3n) is 4.63. The third kappa shape index (κ3) is 3.07. The van der Waals surface area contributed by atoms with Gasteiger partial charge in [-0.3, -0.25) is 4.90 Å². The van der Waals surface area contributed by atoms with Crippen molar-refractivity contribution < 1.29 is 9.47 Å². The molecule has 4 nitrogen and oxygen atoms in total. The first kappa shape index (κ1) is 14.8. The summed E-state index contributed by atoms with van der Waals surface area (Å²) in [5, 5.41) is 3.75. The molecule has 2 atom stereocenters. The molecule has 0 amide bonds. The van der Waals surface area contributed by atoms with Gasteiger partial charge in [0, 0.05) is 25.2 Å². The second-order valence-corrected chi connectivity index (χ2v) is 5.92. The number of nitrogens with one attached hydrogen (secondary N) is 1. The van der Waals surface area contributed by atoms with Gasteiger partial charge in [0.05, 0.1) is 20.3 Å². The smallest absolute Gasteiger partial charge is 0.119 e. The lowest BCUT2D eigenvalue weighted by molar-refractivity contribution is 0.0107. The van der Waals surface area contributed by atoms with Crippen LogP contribution < -0.4 is 10.1 Å². The summed E-state index contributed by atoms with van der Waals surface area (Å²) in [5.41, 5.74) is 2.88. The molecule has 2 aliphatic rings. The van der Waals surface area contributed by atoms with Crippen LogP contribution in [-0.2, 0) is 11.2 Å². The van der Waals surface area contributed by atoms with E-state index in [4.69, 9.17) is 9.47 Å². The lowest BCUT2D eigenvalue weighted by Crippen LogP contribution is -2.48. The maximum atomic E-state index is 5.51. The van der Waals surface area contributed by atoms with Gasteiger partial charge in [0.15, 0.2) is 0 Å². The molecule has 2 unspecified atom stereocenters. The molecule has 1 aliphatic carbocycles. The molecule has 1 heterocycles. The summed E-state index contributed by atoms with van der Waals surface area (Å²) < 4.78 is 10.9. The monoisotopic (exact) mass is 290 g/mol. The number of rotatable bonds is 5. The van der Waals surface area contributed by atoms with Crippen LogP contribution in [0.15, 0.2) is 18.2 Å². The van der Waals surface area contributed by atoms with Crippen molar-refractivity contribution in [3.05, 3.63) is 29.3 Å². The summed E-state index contributed by atoms with van der Waals surface area (Å²) in [6.07, 6.45) is 2.28. The van der Waals surface area contributed by atoms with Crippen molar-refractivity contribution >= 4 is 0 Å². The summed E-state index contributed by atoms with van der Waals surface area (Å²) in [7, 11) is 1.74. The summed E-state index contributed by atoms with van der Waals surface area (Å²) in [6.45, 7) is 7.08. The van der Waals surface area contributed by atoms with Gasteiger partial charge in [-0.05, 0) is 42.6 Å². The molecule has 0 saturated carbocycles. The fourth-order valence-electron chi connectivity index (χ4n) is 3.52. The van der Waals surface area contributed by atoms with Crippen molar-refractivity contribution in [3.8, 4) is 5.75 Å². The summed E-state index contributed by atoms with van der Waals surface area (Å²) >= 11 is 0. The largest absolute Gasteiger partial charge is 0.497 e. The number of fused-ring (bicyclic) bond motifs is 1. The second kappa shape index (κ2) is 6.77. The van der Waals surface area contributed by atoms with Gasteiger partial charge in [-0.2, -0.15) is 0 Å². The van der Waals surface area contributed by atoms with Gasteiger partial charge < -0.3 is 14.8 Å². The van der Waals surface area contributed by atoms with E-state index in [0.717, 1.165) is 51.4 Å². The van der Waals surface area contributed by atoms with Gasteiger partial charge in [-0.1, -0.05) is 13.0 Å². The zero-order valence-corrected chi connectivity index (χ0v) is 13.1. The van der Waals surface area contributed by atoms with Crippen molar-refractivity contribution in [2.24, 2.45) is 0 Å². The lowest BCUT2D eigenvalue weighted by atomic mass is 10.0. The van der Waals surface area contributed by atoms with Crippen LogP contribution in [-0.4, -0.2) is 50.9 Å². The van der Waals surface area contributed by atoms with Crippen molar-refractivity contribution in [2.75, 3.05) is 40.0 Å². The Bertz CT molecular complexity index is 472. The Labute approximate surface area is 127 Å². The molecule has 0 spiro atoms. The molecule has 0 bridgehead atoms. The molecule has 1 saturated heterocycles. The first-order valence-corrected chi connectivity index (χ1v) is 8.05. The van der Waals surface area contributed by atoms with Gasteiger partial charge in [0.1, 0.15) is 5.75 Å². The quantitative estimate of drug-likeness (QED) is 0.899. The molecule has 1 fully saturated rings. The normalized spacial score (nSPS) is 25.8. The topological polar surface area (TPSA) is 33.7 Å². The van der Waals surface area contributed by atoms with Crippen molar-refractivity contribution in [1.82, 2.24) is 10.2 Å². The molecular weight excluding hydrogens is 264 g/mol. The minimum absolute atomic E-state index is 0.410. The van der Waals surface area contributed by atoms with Crippen LogP contribution in [0, 0.1) is 0 Å². The van der Waals surface area contributed by atoms with E-state index in [1.54, 1.807) is 7.11 Å². The van der Waals surface area contributed by atoms with Gasteiger partial charge in [-0.25, -0.2) is 0 Å². The van der Waals surface area contributed by atoms with Gasteiger partial charge in [-0.15, -0.1) is 0 Å². The highest BCUT2D eigenvalue weighted by atomic mass is 16.5. The Morgan fingerprint density at radius 1 is 1.33 bits per heavy atom. The average molecular weight is 290 g/mol. The van der Waals surface area contributed by atoms with E-state index in [9.17, 15) is 0 Å². The highest BCUT2D eigenvalue weighted by molar-refractivity contribution is 5.43. The highest BCUT2D eigenvalue weighted by Crippen LogP contribution is 2.37. The number of hydrogen-bond acceptors (Lipinski definition) is 4. The lowest BCUT2D eigenvalue weighted by Gasteiger charge is -2.36. The minimum atomic E-state index is 0.410. The molecule has 0 radical (unpaired) electrons. The minimum Gasteiger partial charge on any atom is -0.497 e. The van der Waals surface area contributed by atoms with Crippen molar-refractivity contribution in [1.29, 1.82) is 0 Å². The molecule has 1 N–H and O–H groups in total. The second-order valence-electron chi connectivity index (χ2n) is 5.92. The molecule has 1 aromatic rings. The van der Waals surface area contributed by atoms with Gasteiger partial charge in [0.25, 0.3) is 0 Å². The SMILES string of the molecule is CCCNC1c2cc(OC)ccc2CC1N1CCOCC1. The Hall–Kier alpha value is -1.10. The molecule has 1 aromatic carbocycles. The van der Waals surface area contributed by atoms with Crippen molar-refractivity contribution in [2.45, 2.75) is 31.8 Å². The van der Waals surface area contributed by atoms with Crippen LogP contribution in [0.4, 0.5) is 0 Å². The number of nitrogens with zero attached hydrogens (tertiary/aromatic N) is 1. The Morgan fingerprint density at radius 2 is 2.14 bits per heavy atom. The number of benzene rings is 1. The predicted octanol–water partition coefficient (Wildman–Crippen LogP) is 1.99. The third-order valence-corrected chi connectivity index (χ3v) is 4.63. The molecule has 116 valence electrons. The van der Waals surface area contributed by atoms with Crippen LogP contribution in [0.2, 0.25) is 0 Å². The summed E-state index contributed by atoms with van der Waals surface area (Å²) in [5.74, 6) is 0.958. The van der Waals surface area contributed by atoms with E-state index in [-0.39, 0.29) is 0 Å². The van der Waals surface area contributed by atoms with Crippen molar-refractivity contribution in [3.63, 3.8) is 0 Å². The summed E-state index contributed by atoms with van der Waals surface area (Å²) in [6, 6.07) is 7.48. The molecular formula is C17H26N2O2. The number of ether oxygens (including phenoxy) is 2. The Morgan fingerprint density at radius 3 is 2.86 bits per heavy atom. The molecule has 21 heavy (non-hydrogen) atoms. The van der Waals surface area contributed by atoms with E-state index in [1.165, 1.54) is 11.1 Å². The predicted molar refractivity (Wildman–Crippen MR) is 83.9 cm³/mol. The Balaban J connectivity index is 1.84. The van der Waals surface area contributed by atoms with Gasteiger partial charge >= 0.3 is 0 Å². The van der Waals surface area contributed by atoms with E-state index >= 15 is 0 Å². The molecule has 0 aromatic heterocycles. The zero-order chi connectivity index (χ0) is 14.7. The fraction of sp³-hybridized carbons (Fsp3) is 0.647. The van der Waals surface area contributed by atoms with E-state index in [0.29, 0.717) is 12.1 Å². The first-order valence-electron chi connectivity index (χ1n) is 8.05. The maximum Gasteiger partial charge on any atom is 0.119 e. The summed E-state index contributed by atoms with van der Waals surface area (Å²) in [4.78, 5) is 2.59. The standard InChI is InChI=1S/C17H26N2O2/c1-3-6-18-17-15-12-14(20-2)5-4-13(15)11-16(17)19-7-9-21-10-8-19/h4-5,12,16-18H,3,6-11H2,1-2H3. The van der Waals surface area contributed by atoms with E-state index in [1.807, 2.05) is 0 Å². The molecule has 4 heteroatoms. The molecule has 1 aliphatic heterocycles. The fourth-order valence-corrected chi connectivity index (χ4v) is 3.52. The van der Waals surface area contributed by atoms with E-state index in [2.05, 4.69) is 35.3 Å². The number of methoxy groups -OCH3 is 1. The maximum absolute atomic E-state index is 5.51. The first-order chi connectivity index (χ1) is 10.3. The van der Waals surface area contributed by atoms with E-state index < -0.39 is 0 Å².